The summed E-state index contributed by atoms with van der Waals surface area (Å²) in [5.74, 6) is 0.414. The lowest BCUT2D eigenvalue weighted by Gasteiger charge is -2.13. The van der Waals surface area contributed by atoms with E-state index in [1.54, 1.807) is 6.07 Å². The molecule has 1 aliphatic heterocycles. The van der Waals surface area contributed by atoms with Crippen LogP contribution < -0.4 is 5.73 Å². The molecule has 17 heavy (non-hydrogen) atoms. The molecule has 0 radical (unpaired) electrons. The predicted molar refractivity (Wildman–Crippen MR) is 61.7 cm³/mol. The van der Waals surface area contributed by atoms with Gasteiger partial charge < -0.3 is 5.73 Å². The van der Waals surface area contributed by atoms with Gasteiger partial charge in [-0.25, -0.2) is 0 Å². The smallest absolute Gasteiger partial charge is 0.326 e. The predicted octanol–water partition coefficient (Wildman–Crippen LogP) is 2.55. The van der Waals surface area contributed by atoms with Crippen LogP contribution in [0, 0.1) is 5.92 Å². The quantitative estimate of drug-likeness (QED) is 0.889. The lowest BCUT2D eigenvalue weighted by molar-refractivity contribution is -0.134. The van der Waals surface area contributed by atoms with Crippen LogP contribution in [0.15, 0.2) is 12.1 Å². The number of halogens is 3. The zero-order valence-corrected chi connectivity index (χ0v) is 10.3. The Morgan fingerprint density at radius 1 is 1.41 bits per heavy atom. The lowest BCUT2D eigenvalue weighted by atomic mass is 10.1. The van der Waals surface area contributed by atoms with Crippen molar-refractivity contribution in [2.75, 3.05) is 13.1 Å². The van der Waals surface area contributed by atoms with Crippen LogP contribution in [0.25, 0.3) is 0 Å². The molecule has 96 valence electrons. The molecule has 1 fully saturated rings. The highest BCUT2D eigenvalue weighted by Gasteiger charge is 2.33. The average molecular weight is 264 g/mol. The molecule has 6 heteroatoms. The third kappa shape index (κ3) is 3.00. The summed E-state index contributed by atoms with van der Waals surface area (Å²) in [6, 6.07) is 2.85. The molecular weight excluding hydrogens is 249 g/mol. The molecule has 2 unspecified atom stereocenters. The third-order valence-electron chi connectivity index (χ3n) is 3.07. The van der Waals surface area contributed by atoms with Crippen molar-refractivity contribution in [3.05, 3.63) is 21.9 Å². The number of rotatable bonds is 2. The maximum Gasteiger partial charge on any atom is 0.425 e. The number of thiophene rings is 1. The van der Waals surface area contributed by atoms with Gasteiger partial charge in [0.25, 0.3) is 0 Å². The summed E-state index contributed by atoms with van der Waals surface area (Å²) in [6.45, 7) is 4.26. The number of alkyl halides is 3. The zero-order chi connectivity index (χ0) is 12.6. The van der Waals surface area contributed by atoms with E-state index in [-0.39, 0.29) is 6.04 Å². The van der Waals surface area contributed by atoms with Gasteiger partial charge in [-0.3, -0.25) is 4.90 Å². The largest absolute Gasteiger partial charge is 0.425 e. The van der Waals surface area contributed by atoms with Crippen LogP contribution in [0.4, 0.5) is 13.2 Å². The maximum absolute atomic E-state index is 12.4. The molecule has 0 aromatic carbocycles. The van der Waals surface area contributed by atoms with Crippen molar-refractivity contribution in [1.82, 2.24) is 4.90 Å². The number of hydrogen-bond acceptors (Lipinski definition) is 3. The number of likely N-dealkylation sites (tertiary alicyclic amines) is 1. The molecule has 1 aromatic heterocycles. The van der Waals surface area contributed by atoms with E-state index in [9.17, 15) is 13.2 Å². The summed E-state index contributed by atoms with van der Waals surface area (Å²) in [5, 5.41) is 0. The van der Waals surface area contributed by atoms with Gasteiger partial charge in [-0.05, 0) is 18.1 Å². The molecule has 0 aliphatic carbocycles. The molecule has 2 heterocycles. The third-order valence-corrected chi connectivity index (χ3v) is 4.18. The van der Waals surface area contributed by atoms with E-state index in [1.807, 2.05) is 0 Å². The fraction of sp³-hybridized carbons (Fsp3) is 0.636. The van der Waals surface area contributed by atoms with E-state index >= 15 is 0 Å². The van der Waals surface area contributed by atoms with Crippen molar-refractivity contribution in [2.24, 2.45) is 11.7 Å². The summed E-state index contributed by atoms with van der Waals surface area (Å²) in [6.07, 6.45) is -4.22. The van der Waals surface area contributed by atoms with E-state index in [4.69, 9.17) is 5.73 Å². The van der Waals surface area contributed by atoms with Gasteiger partial charge in [0.1, 0.15) is 4.88 Å². The van der Waals surface area contributed by atoms with Crippen LogP contribution in [-0.4, -0.2) is 24.0 Å². The molecule has 0 bridgehead atoms. The van der Waals surface area contributed by atoms with E-state index in [0.717, 1.165) is 35.4 Å². The standard InChI is InChI=1S/C11H15F3N2S/c1-7-4-16(6-9(7)15)5-8-2-3-10(17-8)11(12,13)14/h2-3,7,9H,4-6,15H2,1H3. The first-order valence-electron chi connectivity index (χ1n) is 5.50. The van der Waals surface area contributed by atoms with Gasteiger partial charge in [-0.15, -0.1) is 11.3 Å². The lowest BCUT2D eigenvalue weighted by Crippen LogP contribution is -2.28. The van der Waals surface area contributed by atoms with Crippen molar-refractivity contribution in [2.45, 2.75) is 25.7 Å². The molecule has 0 amide bonds. The van der Waals surface area contributed by atoms with E-state index in [0.29, 0.717) is 12.5 Å². The molecule has 0 spiro atoms. The Hall–Kier alpha value is -0.590. The van der Waals surface area contributed by atoms with Crippen LogP contribution in [0.2, 0.25) is 0 Å². The number of nitrogens with two attached hydrogens (primary N) is 1. The molecule has 1 aliphatic rings. The minimum atomic E-state index is -4.22. The minimum absolute atomic E-state index is 0.136. The molecule has 0 saturated carbocycles. The Morgan fingerprint density at radius 3 is 2.59 bits per heavy atom. The van der Waals surface area contributed by atoms with E-state index in [2.05, 4.69) is 11.8 Å². The average Bonchev–Trinajstić information content (AvgIpc) is 2.75. The summed E-state index contributed by atoms with van der Waals surface area (Å²) >= 11 is 0.822. The highest BCUT2D eigenvalue weighted by molar-refractivity contribution is 7.12. The second-order valence-corrected chi connectivity index (χ2v) is 5.77. The Morgan fingerprint density at radius 2 is 2.12 bits per heavy atom. The normalized spacial score (nSPS) is 26.6. The zero-order valence-electron chi connectivity index (χ0n) is 9.50. The molecule has 1 aromatic rings. The van der Waals surface area contributed by atoms with Crippen LogP contribution >= 0.6 is 11.3 Å². The summed E-state index contributed by atoms with van der Waals surface area (Å²) in [5.41, 5.74) is 5.88. The summed E-state index contributed by atoms with van der Waals surface area (Å²) in [4.78, 5) is 2.34. The SMILES string of the molecule is CC1CN(Cc2ccc(C(F)(F)F)s2)CC1N. The first kappa shape index (κ1) is 12.9. The maximum atomic E-state index is 12.4. The van der Waals surface area contributed by atoms with Crippen molar-refractivity contribution >= 4 is 11.3 Å². The first-order chi connectivity index (χ1) is 7.86. The monoisotopic (exact) mass is 264 g/mol. The highest BCUT2D eigenvalue weighted by Crippen LogP contribution is 2.35. The number of nitrogens with zero attached hydrogens (tertiary/aromatic N) is 1. The fourth-order valence-electron chi connectivity index (χ4n) is 2.06. The Bertz CT molecular complexity index is 378. The summed E-state index contributed by atoms with van der Waals surface area (Å²) in [7, 11) is 0. The van der Waals surface area contributed by atoms with Gasteiger partial charge in [0.15, 0.2) is 0 Å². The van der Waals surface area contributed by atoms with Gasteiger partial charge in [0.2, 0.25) is 0 Å². The van der Waals surface area contributed by atoms with Crippen LogP contribution in [0.3, 0.4) is 0 Å². The van der Waals surface area contributed by atoms with Crippen molar-refractivity contribution in [3.8, 4) is 0 Å². The first-order valence-corrected chi connectivity index (χ1v) is 6.32. The molecule has 2 nitrogen and oxygen atoms in total. The van der Waals surface area contributed by atoms with Crippen LogP contribution in [0.5, 0.6) is 0 Å². The molecular formula is C11H15F3N2S. The van der Waals surface area contributed by atoms with E-state index in [1.165, 1.54) is 0 Å². The van der Waals surface area contributed by atoms with Gasteiger partial charge >= 0.3 is 6.18 Å². The van der Waals surface area contributed by atoms with E-state index < -0.39 is 11.1 Å². The second kappa shape index (κ2) is 4.59. The Labute approximate surface area is 102 Å². The van der Waals surface area contributed by atoms with Crippen LogP contribution in [0.1, 0.15) is 16.7 Å². The molecule has 2 atom stereocenters. The van der Waals surface area contributed by atoms with Gasteiger partial charge in [0.05, 0.1) is 0 Å². The van der Waals surface area contributed by atoms with Gasteiger partial charge in [0, 0.05) is 30.6 Å². The molecule has 1 saturated heterocycles. The number of hydrogen-bond donors (Lipinski definition) is 1. The Balaban J connectivity index is 1.98. The van der Waals surface area contributed by atoms with Crippen molar-refractivity contribution in [1.29, 1.82) is 0 Å². The molecule has 2 N–H and O–H groups in total. The summed E-state index contributed by atoms with van der Waals surface area (Å²) < 4.78 is 37.2. The van der Waals surface area contributed by atoms with Gasteiger partial charge in [-0.2, -0.15) is 13.2 Å². The minimum Gasteiger partial charge on any atom is -0.326 e. The Kier molecular flexibility index (Phi) is 3.47. The van der Waals surface area contributed by atoms with Crippen molar-refractivity contribution in [3.63, 3.8) is 0 Å². The fourth-order valence-corrected chi connectivity index (χ4v) is 2.98. The van der Waals surface area contributed by atoms with Crippen LogP contribution in [-0.2, 0) is 12.7 Å². The van der Waals surface area contributed by atoms with Crippen molar-refractivity contribution < 1.29 is 13.2 Å². The van der Waals surface area contributed by atoms with Gasteiger partial charge in [-0.1, -0.05) is 6.92 Å². The highest BCUT2D eigenvalue weighted by atomic mass is 32.1. The second-order valence-electron chi connectivity index (χ2n) is 4.60. The topological polar surface area (TPSA) is 29.3 Å². The molecule has 2 rings (SSSR count).